The molecule has 0 aliphatic carbocycles. The predicted molar refractivity (Wildman–Crippen MR) is 105 cm³/mol. The van der Waals surface area contributed by atoms with Crippen molar-refractivity contribution in [2.75, 3.05) is 5.32 Å². The zero-order chi connectivity index (χ0) is 18.8. The van der Waals surface area contributed by atoms with Crippen LogP contribution in [0.3, 0.4) is 0 Å². The number of aromatic nitrogens is 1. The molecule has 0 saturated heterocycles. The van der Waals surface area contributed by atoms with Gasteiger partial charge in [0.2, 0.25) is 5.91 Å². The van der Waals surface area contributed by atoms with E-state index >= 15 is 0 Å². The average Bonchev–Trinajstić information content (AvgIpc) is 2.61. The van der Waals surface area contributed by atoms with Gasteiger partial charge in [-0.05, 0) is 43.0 Å². The Morgan fingerprint density at radius 3 is 2.58 bits per heavy atom. The third-order valence-electron chi connectivity index (χ3n) is 4.26. The first-order valence-electron chi connectivity index (χ1n) is 8.00. The van der Waals surface area contributed by atoms with E-state index in [0.29, 0.717) is 16.9 Å². The number of aryl methyl sites for hydroxylation is 2. The summed E-state index contributed by atoms with van der Waals surface area (Å²) < 4.78 is 2.26. The van der Waals surface area contributed by atoms with Crippen LogP contribution in [-0.4, -0.2) is 10.5 Å². The van der Waals surface area contributed by atoms with Crippen molar-refractivity contribution in [1.29, 1.82) is 5.26 Å². The van der Waals surface area contributed by atoms with Crippen molar-refractivity contribution in [2.24, 2.45) is 0 Å². The summed E-state index contributed by atoms with van der Waals surface area (Å²) in [6, 6.07) is 15.1. The Balaban J connectivity index is 1.93. The number of nitriles is 1. The van der Waals surface area contributed by atoms with E-state index in [1.807, 2.05) is 42.5 Å². The minimum Gasteiger partial charge on any atom is -0.324 e. The lowest BCUT2D eigenvalue weighted by molar-refractivity contribution is -0.116. The molecule has 0 fully saturated rings. The van der Waals surface area contributed by atoms with Gasteiger partial charge < -0.3 is 9.88 Å². The van der Waals surface area contributed by atoms with Gasteiger partial charge in [0.15, 0.2) is 0 Å². The quantitative estimate of drug-likeness (QED) is 0.712. The maximum absolute atomic E-state index is 12.5. The second-order valence-electron chi connectivity index (χ2n) is 6.04. The van der Waals surface area contributed by atoms with Crippen LogP contribution in [0, 0.1) is 25.2 Å². The molecule has 0 bridgehead atoms. The summed E-state index contributed by atoms with van der Waals surface area (Å²) in [5.74, 6) is -0.324. The van der Waals surface area contributed by atoms with Crippen LogP contribution in [0.4, 0.5) is 5.69 Å². The number of halogens is 1. The smallest absolute Gasteiger partial charge is 0.269 e. The van der Waals surface area contributed by atoms with Crippen molar-refractivity contribution in [3.05, 3.63) is 74.1 Å². The zero-order valence-electron chi connectivity index (χ0n) is 14.3. The first kappa shape index (κ1) is 17.9. The molecule has 0 saturated carbocycles. The van der Waals surface area contributed by atoms with Crippen LogP contribution >= 0.6 is 15.9 Å². The van der Waals surface area contributed by atoms with Crippen LogP contribution in [0.1, 0.15) is 16.8 Å². The third kappa shape index (κ3) is 3.26. The summed E-state index contributed by atoms with van der Waals surface area (Å²) in [5.41, 5.74) is 1.55. The number of hydrogen-bond donors (Lipinski definition) is 1. The fraction of sp³-hybridized carbons (Fsp3) is 0.150. The van der Waals surface area contributed by atoms with Crippen LogP contribution in [0.25, 0.3) is 10.8 Å². The number of carbonyl (C=O) groups excluding carboxylic acids is 1. The first-order valence-corrected chi connectivity index (χ1v) is 8.80. The number of nitrogens with zero attached hydrogens (tertiary/aromatic N) is 2. The normalized spacial score (nSPS) is 10.5. The molecule has 3 aromatic rings. The van der Waals surface area contributed by atoms with E-state index in [1.165, 1.54) is 4.57 Å². The SMILES string of the molecule is Cc1cc(C)n(CC(=O)Nc2ccc(Br)c3ccccc23)c(=O)c1C#N. The molecule has 1 aromatic heterocycles. The van der Waals surface area contributed by atoms with E-state index in [4.69, 9.17) is 5.26 Å². The summed E-state index contributed by atoms with van der Waals surface area (Å²) in [5, 5.41) is 13.9. The lowest BCUT2D eigenvalue weighted by Gasteiger charge is -2.13. The van der Waals surface area contributed by atoms with E-state index in [0.717, 1.165) is 15.2 Å². The summed E-state index contributed by atoms with van der Waals surface area (Å²) in [6.45, 7) is 3.31. The molecule has 0 aliphatic rings. The number of nitrogens with one attached hydrogen (secondary N) is 1. The number of hydrogen-bond acceptors (Lipinski definition) is 3. The van der Waals surface area contributed by atoms with E-state index in [1.54, 1.807) is 19.9 Å². The van der Waals surface area contributed by atoms with Gasteiger partial charge >= 0.3 is 0 Å². The van der Waals surface area contributed by atoms with Gasteiger partial charge in [0.25, 0.3) is 5.56 Å². The number of benzene rings is 2. The molecule has 0 aliphatic heterocycles. The van der Waals surface area contributed by atoms with Crippen LogP contribution in [0.2, 0.25) is 0 Å². The van der Waals surface area contributed by atoms with Gasteiger partial charge in [-0.3, -0.25) is 9.59 Å². The van der Waals surface area contributed by atoms with E-state index < -0.39 is 5.56 Å². The van der Waals surface area contributed by atoms with Crippen molar-refractivity contribution in [3.8, 4) is 6.07 Å². The Labute approximate surface area is 159 Å². The van der Waals surface area contributed by atoms with Crippen LogP contribution in [0.5, 0.6) is 0 Å². The fourth-order valence-corrected chi connectivity index (χ4v) is 3.44. The molecule has 0 radical (unpaired) electrons. The molecule has 130 valence electrons. The van der Waals surface area contributed by atoms with Crippen LogP contribution < -0.4 is 10.9 Å². The Bertz CT molecular complexity index is 1130. The highest BCUT2D eigenvalue weighted by Crippen LogP contribution is 2.29. The zero-order valence-corrected chi connectivity index (χ0v) is 15.9. The van der Waals surface area contributed by atoms with Crippen molar-refractivity contribution in [1.82, 2.24) is 4.57 Å². The molecule has 6 heteroatoms. The van der Waals surface area contributed by atoms with Gasteiger partial charge in [0.1, 0.15) is 18.2 Å². The van der Waals surface area contributed by atoms with Crippen LogP contribution in [-0.2, 0) is 11.3 Å². The predicted octanol–water partition coefficient (Wildman–Crippen LogP) is 3.89. The topological polar surface area (TPSA) is 74.9 Å². The lowest BCUT2D eigenvalue weighted by Crippen LogP contribution is -2.31. The highest BCUT2D eigenvalue weighted by molar-refractivity contribution is 9.10. The molecule has 0 atom stereocenters. The van der Waals surface area contributed by atoms with Crippen molar-refractivity contribution in [2.45, 2.75) is 20.4 Å². The van der Waals surface area contributed by atoms with Crippen molar-refractivity contribution in [3.63, 3.8) is 0 Å². The largest absolute Gasteiger partial charge is 0.324 e. The maximum atomic E-state index is 12.5. The van der Waals surface area contributed by atoms with Gasteiger partial charge in [-0.15, -0.1) is 0 Å². The average molecular weight is 410 g/mol. The Kier molecular flexibility index (Phi) is 4.92. The number of carbonyl (C=O) groups is 1. The maximum Gasteiger partial charge on any atom is 0.269 e. The van der Waals surface area contributed by atoms with E-state index in [2.05, 4.69) is 21.2 Å². The molecular formula is C20H16BrN3O2. The molecule has 0 unspecified atom stereocenters. The number of fused-ring (bicyclic) bond motifs is 1. The summed E-state index contributed by atoms with van der Waals surface area (Å²) in [4.78, 5) is 25.0. The standard InChI is InChI=1S/C20H16BrN3O2/c1-12-9-13(2)24(20(26)16(12)10-22)11-19(25)23-18-8-7-17(21)14-5-3-4-6-15(14)18/h3-9H,11H2,1-2H3,(H,23,25). The molecule has 1 N–H and O–H groups in total. The van der Waals surface area contributed by atoms with Crippen LogP contribution in [0.15, 0.2) is 51.7 Å². The Morgan fingerprint density at radius 2 is 1.88 bits per heavy atom. The molecule has 1 heterocycles. The summed E-state index contributed by atoms with van der Waals surface area (Å²) >= 11 is 3.50. The van der Waals surface area contributed by atoms with Gasteiger partial charge in [-0.2, -0.15) is 5.26 Å². The first-order chi connectivity index (χ1) is 12.4. The number of amides is 1. The highest BCUT2D eigenvalue weighted by atomic mass is 79.9. The molecule has 26 heavy (non-hydrogen) atoms. The Morgan fingerprint density at radius 1 is 1.19 bits per heavy atom. The second kappa shape index (κ2) is 7.14. The molecule has 2 aromatic carbocycles. The minimum atomic E-state index is -0.444. The number of rotatable bonds is 3. The summed E-state index contributed by atoms with van der Waals surface area (Å²) in [6.07, 6.45) is 0. The van der Waals surface area contributed by atoms with Gasteiger partial charge in [-0.25, -0.2) is 0 Å². The minimum absolute atomic E-state index is 0.0671. The molecule has 3 rings (SSSR count). The molecule has 5 nitrogen and oxygen atoms in total. The van der Waals surface area contributed by atoms with Gasteiger partial charge in [0, 0.05) is 21.2 Å². The summed E-state index contributed by atoms with van der Waals surface area (Å²) in [7, 11) is 0. The van der Waals surface area contributed by atoms with Gasteiger partial charge in [-0.1, -0.05) is 40.2 Å². The van der Waals surface area contributed by atoms with Gasteiger partial charge in [0.05, 0.1) is 0 Å². The number of anilines is 1. The highest BCUT2D eigenvalue weighted by Gasteiger charge is 2.14. The monoisotopic (exact) mass is 409 g/mol. The van der Waals surface area contributed by atoms with Crippen molar-refractivity contribution < 1.29 is 4.79 Å². The second-order valence-corrected chi connectivity index (χ2v) is 6.89. The van der Waals surface area contributed by atoms with E-state index in [-0.39, 0.29) is 18.0 Å². The molecule has 0 spiro atoms. The van der Waals surface area contributed by atoms with Crippen molar-refractivity contribution >= 4 is 38.3 Å². The lowest BCUT2D eigenvalue weighted by atomic mass is 10.1. The number of pyridine rings is 1. The molecular weight excluding hydrogens is 394 g/mol. The fourth-order valence-electron chi connectivity index (χ4n) is 2.96. The van der Waals surface area contributed by atoms with E-state index in [9.17, 15) is 9.59 Å². The Hall–Kier alpha value is -2.91. The molecule has 1 amide bonds. The third-order valence-corrected chi connectivity index (χ3v) is 4.95.